The topological polar surface area (TPSA) is 48.4 Å². The number of nitrogens with zero attached hydrogens (tertiary/aromatic N) is 2. The van der Waals surface area contributed by atoms with Crippen molar-refractivity contribution >= 4 is 16.6 Å². The molecule has 4 nitrogen and oxygen atoms in total. The van der Waals surface area contributed by atoms with Crippen molar-refractivity contribution in [3.8, 4) is 0 Å². The molecule has 1 aromatic carbocycles. The van der Waals surface area contributed by atoms with Crippen molar-refractivity contribution in [1.29, 1.82) is 0 Å². The van der Waals surface area contributed by atoms with E-state index in [1.54, 1.807) is 0 Å². The Kier molecular flexibility index (Phi) is 4.68. The number of anilines is 1. The van der Waals surface area contributed by atoms with Gasteiger partial charge in [0.2, 0.25) is 0 Å². The van der Waals surface area contributed by atoms with Crippen LogP contribution < -0.4 is 5.32 Å². The molecule has 1 aromatic heterocycles. The quantitative estimate of drug-likeness (QED) is 0.829. The average molecular weight is 285 g/mol. The van der Waals surface area contributed by atoms with Gasteiger partial charge in [-0.05, 0) is 44.5 Å². The second kappa shape index (κ2) is 6.87. The van der Waals surface area contributed by atoms with Crippen molar-refractivity contribution < 1.29 is 5.11 Å². The number of likely N-dealkylation sites (tertiary alicyclic amines) is 1. The lowest BCUT2D eigenvalue weighted by Crippen LogP contribution is -2.39. The minimum absolute atomic E-state index is 0.129. The number of hydrogen-bond acceptors (Lipinski definition) is 4. The molecule has 112 valence electrons. The zero-order valence-corrected chi connectivity index (χ0v) is 12.3. The van der Waals surface area contributed by atoms with E-state index >= 15 is 0 Å². The molecule has 1 saturated heterocycles. The highest BCUT2D eigenvalue weighted by molar-refractivity contribution is 5.90. The zero-order chi connectivity index (χ0) is 14.5. The number of piperidine rings is 1. The van der Waals surface area contributed by atoms with Crippen LogP contribution in [0.25, 0.3) is 10.9 Å². The summed E-state index contributed by atoms with van der Waals surface area (Å²) in [4.78, 5) is 6.74. The van der Waals surface area contributed by atoms with E-state index < -0.39 is 0 Å². The smallest absolute Gasteiger partial charge is 0.0722 e. The van der Waals surface area contributed by atoms with Crippen LogP contribution in [0.3, 0.4) is 0 Å². The predicted molar refractivity (Wildman–Crippen MR) is 86.5 cm³/mol. The van der Waals surface area contributed by atoms with Crippen LogP contribution in [-0.2, 0) is 0 Å². The van der Waals surface area contributed by atoms with Crippen molar-refractivity contribution in [1.82, 2.24) is 9.88 Å². The molecule has 2 heterocycles. The Morgan fingerprint density at radius 1 is 1.29 bits per heavy atom. The number of aromatic nitrogens is 1. The molecule has 0 amide bonds. The Bertz CT molecular complexity index is 582. The summed E-state index contributed by atoms with van der Waals surface area (Å²) in [5, 5.41) is 14.4. The van der Waals surface area contributed by atoms with Crippen LogP contribution in [0, 0.1) is 0 Å². The number of hydrogen-bond donors (Lipinski definition) is 2. The number of aliphatic hydroxyl groups excluding tert-OH is 1. The maximum absolute atomic E-state index is 9.67. The number of pyridine rings is 1. The van der Waals surface area contributed by atoms with Crippen LogP contribution in [0.2, 0.25) is 0 Å². The fourth-order valence-corrected chi connectivity index (χ4v) is 3.01. The summed E-state index contributed by atoms with van der Waals surface area (Å²) in [6.07, 6.45) is 4.88. The summed E-state index contributed by atoms with van der Waals surface area (Å²) >= 11 is 0. The van der Waals surface area contributed by atoms with Gasteiger partial charge in [-0.2, -0.15) is 0 Å². The number of para-hydroxylation sites is 1. The van der Waals surface area contributed by atoms with E-state index in [4.69, 9.17) is 0 Å². The van der Waals surface area contributed by atoms with Gasteiger partial charge in [0.1, 0.15) is 0 Å². The van der Waals surface area contributed by atoms with E-state index in [-0.39, 0.29) is 6.10 Å². The minimum Gasteiger partial charge on any atom is -0.392 e. The molecule has 0 spiro atoms. The molecule has 1 unspecified atom stereocenters. The fraction of sp³-hybridized carbons (Fsp3) is 0.471. The van der Waals surface area contributed by atoms with E-state index in [0.717, 1.165) is 56.6 Å². The maximum Gasteiger partial charge on any atom is 0.0722 e. The van der Waals surface area contributed by atoms with Gasteiger partial charge in [-0.25, -0.2) is 0 Å². The number of rotatable bonds is 5. The van der Waals surface area contributed by atoms with Gasteiger partial charge < -0.3 is 15.3 Å². The summed E-state index contributed by atoms with van der Waals surface area (Å²) in [7, 11) is 0. The van der Waals surface area contributed by atoms with Gasteiger partial charge in [0.25, 0.3) is 0 Å². The molecule has 1 aliphatic heterocycles. The van der Waals surface area contributed by atoms with Crippen LogP contribution in [0.15, 0.2) is 36.5 Å². The van der Waals surface area contributed by atoms with Gasteiger partial charge in [0.05, 0.1) is 11.6 Å². The summed E-state index contributed by atoms with van der Waals surface area (Å²) in [6.45, 7) is 3.95. The van der Waals surface area contributed by atoms with Gasteiger partial charge in [0.15, 0.2) is 0 Å². The second-order valence-electron chi connectivity index (χ2n) is 5.75. The van der Waals surface area contributed by atoms with Gasteiger partial charge in [-0.3, -0.25) is 4.98 Å². The second-order valence-corrected chi connectivity index (χ2v) is 5.75. The number of aliphatic hydroxyl groups is 1. The predicted octanol–water partition coefficient (Wildman–Crippen LogP) is 2.49. The van der Waals surface area contributed by atoms with E-state index in [2.05, 4.69) is 21.3 Å². The third-order valence-electron chi connectivity index (χ3n) is 4.10. The summed E-state index contributed by atoms with van der Waals surface area (Å²) in [6, 6.07) is 10.2. The molecule has 0 radical (unpaired) electrons. The first-order chi connectivity index (χ1) is 10.3. The van der Waals surface area contributed by atoms with E-state index in [1.165, 1.54) is 5.39 Å². The van der Waals surface area contributed by atoms with Crippen LogP contribution in [0.1, 0.15) is 19.3 Å². The Morgan fingerprint density at radius 3 is 3.10 bits per heavy atom. The molecule has 0 saturated carbocycles. The van der Waals surface area contributed by atoms with Crippen LogP contribution in [0.4, 0.5) is 5.69 Å². The van der Waals surface area contributed by atoms with Crippen LogP contribution in [-0.4, -0.2) is 47.3 Å². The normalized spacial score (nSPS) is 19.8. The minimum atomic E-state index is -0.129. The Labute approximate surface area is 125 Å². The SMILES string of the molecule is OC1CCCN(CCCNc2ccnc3ccccc23)C1. The Hall–Kier alpha value is -1.65. The molecular weight excluding hydrogens is 262 g/mol. The number of fused-ring (bicyclic) bond motifs is 1. The van der Waals surface area contributed by atoms with Crippen molar-refractivity contribution in [3.63, 3.8) is 0 Å². The molecule has 1 atom stereocenters. The van der Waals surface area contributed by atoms with Gasteiger partial charge in [-0.15, -0.1) is 0 Å². The first-order valence-electron chi connectivity index (χ1n) is 7.81. The largest absolute Gasteiger partial charge is 0.392 e. The third kappa shape index (κ3) is 3.71. The first-order valence-corrected chi connectivity index (χ1v) is 7.81. The Balaban J connectivity index is 1.50. The van der Waals surface area contributed by atoms with Crippen molar-refractivity contribution in [2.24, 2.45) is 0 Å². The van der Waals surface area contributed by atoms with Gasteiger partial charge in [-0.1, -0.05) is 18.2 Å². The van der Waals surface area contributed by atoms with Crippen LogP contribution >= 0.6 is 0 Å². The lowest BCUT2D eigenvalue weighted by molar-refractivity contribution is 0.0706. The molecule has 2 aromatic rings. The molecule has 2 N–H and O–H groups in total. The molecule has 4 heteroatoms. The van der Waals surface area contributed by atoms with E-state index in [9.17, 15) is 5.11 Å². The van der Waals surface area contributed by atoms with Crippen LogP contribution in [0.5, 0.6) is 0 Å². The van der Waals surface area contributed by atoms with Crippen molar-refractivity contribution in [2.45, 2.75) is 25.4 Å². The lowest BCUT2D eigenvalue weighted by atomic mass is 10.1. The highest BCUT2D eigenvalue weighted by Crippen LogP contribution is 2.20. The monoisotopic (exact) mass is 285 g/mol. The molecule has 3 rings (SSSR count). The molecule has 1 fully saturated rings. The van der Waals surface area contributed by atoms with Gasteiger partial charge in [0, 0.05) is 30.4 Å². The van der Waals surface area contributed by atoms with Crippen molar-refractivity contribution in [3.05, 3.63) is 36.5 Å². The summed E-state index contributed by atoms with van der Waals surface area (Å²) < 4.78 is 0. The van der Waals surface area contributed by atoms with Crippen molar-refractivity contribution in [2.75, 3.05) is 31.5 Å². The first kappa shape index (κ1) is 14.3. The maximum atomic E-state index is 9.67. The molecule has 1 aliphatic rings. The third-order valence-corrected chi connectivity index (χ3v) is 4.10. The fourth-order valence-electron chi connectivity index (χ4n) is 3.01. The average Bonchev–Trinajstić information content (AvgIpc) is 2.52. The lowest BCUT2D eigenvalue weighted by Gasteiger charge is -2.29. The number of benzene rings is 1. The molecular formula is C17H23N3O. The summed E-state index contributed by atoms with van der Waals surface area (Å²) in [5.41, 5.74) is 2.18. The highest BCUT2D eigenvalue weighted by Gasteiger charge is 2.16. The number of β-amino-alcohol motifs (C(OH)–C–C–N with tert-alkyl or cyclic N) is 1. The van der Waals surface area contributed by atoms with E-state index in [0.29, 0.717) is 0 Å². The Morgan fingerprint density at radius 2 is 2.19 bits per heavy atom. The molecule has 21 heavy (non-hydrogen) atoms. The van der Waals surface area contributed by atoms with Gasteiger partial charge >= 0.3 is 0 Å². The standard InChI is InChI=1S/C17H23N3O/c21-14-5-3-11-20(13-14)12-4-9-18-17-8-10-19-16-7-2-1-6-15(16)17/h1-2,6-8,10,14,21H,3-5,9,11-13H2,(H,18,19). The summed E-state index contributed by atoms with van der Waals surface area (Å²) in [5.74, 6) is 0. The molecule has 0 aliphatic carbocycles. The highest BCUT2D eigenvalue weighted by atomic mass is 16.3. The van der Waals surface area contributed by atoms with E-state index in [1.807, 2.05) is 30.5 Å². The zero-order valence-electron chi connectivity index (χ0n) is 12.3. The number of nitrogens with one attached hydrogen (secondary N) is 1. The molecule has 0 bridgehead atoms.